The van der Waals surface area contributed by atoms with Gasteiger partial charge in [-0.25, -0.2) is 4.39 Å². The summed E-state index contributed by atoms with van der Waals surface area (Å²) < 4.78 is 19.4. The molecule has 0 bridgehead atoms. The van der Waals surface area contributed by atoms with Gasteiger partial charge in [0.15, 0.2) is 0 Å². The highest BCUT2D eigenvalue weighted by Gasteiger charge is 2.16. The van der Waals surface area contributed by atoms with Gasteiger partial charge < -0.3 is 15.4 Å². The van der Waals surface area contributed by atoms with Gasteiger partial charge in [-0.15, -0.1) is 0 Å². The third kappa shape index (κ3) is 4.40. The molecule has 2 N–H and O–H groups in total. The van der Waals surface area contributed by atoms with Crippen LogP contribution in [0.5, 0.6) is 5.75 Å². The number of ether oxygens (including phenoxy) is 1. The van der Waals surface area contributed by atoms with Crippen LogP contribution >= 0.6 is 11.6 Å². The Balaban J connectivity index is 1.60. The molecular weight excluding hydrogens is 431 g/mol. The van der Waals surface area contributed by atoms with E-state index in [2.05, 4.69) is 10.6 Å². The quantitative estimate of drug-likeness (QED) is 0.385. The smallest absolute Gasteiger partial charge is 0.258 e. The van der Waals surface area contributed by atoms with Gasteiger partial charge in [0, 0.05) is 16.3 Å². The van der Waals surface area contributed by atoms with Gasteiger partial charge in [-0.05, 0) is 53.2 Å². The molecule has 0 unspecified atom stereocenters. The first-order valence-corrected chi connectivity index (χ1v) is 10.1. The minimum absolute atomic E-state index is 0.165. The van der Waals surface area contributed by atoms with Gasteiger partial charge in [0.25, 0.3) is 11.8 Å². The lowest BCUT2D eigenvalue weighted by atomic mass is 10.0. The zero-order valence-electron chi connectivity index (χ0n) is 17.0. The highest BCUT2D eigenvalue weighted by Crippen LogP contribution is 2.29. The lowest BCUT2D eigenvalue weighted by Gasteiger charge is -2.14. The van der Waals surface area contributed by atoms with Gasteiger partial charge in [-0.3, -0.25) is 9.59 Å². The van der Waals surface area contributed by atoms with Crippen molar-refractivity contribution in [3.63, 3.8) is 0 Å². The standard InChI is InChI=1S/C25H18ClFN2O3/c1-32-23-12-10-17(14-22(23)29-25(31)20-11-9-16(26)13-21(20)27)28-24(30)19-8-4-6-15-5-2-3-7-18(15)19/h2-14H,1H3,(H,28,30)(H,29,31). The van der Waals surface area contributed by atoms with E-state index in [1.54, 1.807) is 24.3 Å². The number of rotatable bonds is 5. The Morgan fingerprint density at radius 2 is 1.59 bits per heavy atom. The van der Waals surface area contributed by atoms with Crippen LogP contribution in [0.25, 0.3) is 10.8 Å². The summed E-state index contributed by atoms with van der Waals surface area (Å²) in [5.41, 5.74) is 1.08. The summed E-state index contributed by atoms with van der Waals surface area (Å²) in [5, 5.41) is 7.43. The van der Waals surface area contributed by atoms with Crippen LogP contribution in [0, 0.1) is 5.82 Å². The maximum Gasteiger partial charge on any atom is 0.258 e. The Bertz CT molecular complexity index is 1330. The van der Waals surface area contributed by atoms with Crippen LogP contribution in [-0.2, 0) is 0 Å². The minimum Gasteiger partial charge on any atom is -0.495 e. The van der Waals surface area contributed by atoms with E-state index in [0.717, 1.165) is 16.8 Å². The van der Waals surface area contributed by atoms with Crippen molar-refractivity contribution in [2.24, 2.45) is 0 Å². The molecule has 0 atom stereocenters. The SMILES string of the molecule is COc1ccc(NC(=O)c2cccc3ccccc23)cc1NC(=O)c1ccc(Cl)cc1F. The van der Waals surface area contributed by atoms with Crippen molar-refractivity contribution in [1.29, 1.82) is 0 Å². The second kappa shape index (κ2) is 9.08. The molecule has 4 aromatic carbocycles. The molecule has 32 heavy (non-hydrogen) atoms. The number of benzene rings is 4. The lowest BCUT2D eigenvalue weighted by molar-refractivity contribution is 0.101. The Labute approximate surface area is 188 Å². The highest BCUT2D eigenvalue weighted by atomic mass is 35.5. The minimum atomic E-state index is -0.741. The number of fused-ring (bicyclic) bond motifs is 1. The van der Waals surface area contributed by atoms with Crippen LogP contribution in [0.2, 0.25) is 5.02 Å². The Morgan fingerprint density at radius 3 is 2.38 bits per heavy atom. The number of carbonyl (C=O) groups is 2. The van der Waals surface area contributed by atoms with E-state index < -0.39 is 11.7 Å². The number of methoxy groups -OCH3 is 1. The summed E-state index contributed by atoms with van der Waals surface area (Å²) >= 11 is 5.75. The van der Waals surface area contributed by atoms with Crippen LogP contribution in [0.1, 0.15) is 20.7 Å². The summed E-state index contributed by atoms with van der Waals surface area (Å²) in [6.07, 6.45) is 0. The Kier molecular flexibility index (Phi) is 6.05. The molecule has 2 amide bonds. The molecule has 0 spiro atoms. The van der Waals surface area contributed by atoms with E-state index in [4.69, 9.17) is 16.3 Å². The van der Waals surface area contributed by atoms with Crippen LogP contribution < -0.4 is 15.4 Å². The molecule has 0 fully saturated rings. The first-order valence-electron chi connectivity index (χ1n) is 9.70. The number of hydrogen-bond donors (Lipinski definition) is 2. The summed E-state index contributed by atoms with van der Waals surface area (Å²) in [4.78, 5) is 25.5. The van der Waals surface area contributed by atoms with Crippen molar-refractivity contribution in [3.05, 3.63) is 101 Å². The average molecular weight is 449 g/mol. The molecule has 0 saturated heterocycles. The number of halogens is 2. The third-order valence-electron chi connectivity index (χ3n) is 4.92. The molecule has 0 aliphatic heterocycles. The molecule has 0 radical (unpaired) electrons. The topological polar surface area (TPSA) is 67.4 Å². The first-order chi connectivity index (χ1) is 15.5. The second-order valence-electron chi connectivity index (χ2n) is 6.97. The van der Waals surface area contributed by atoms with Gasteiger partial charge >= 0.3 is 0 Å². The predicted molar refractivity (Wildman–Crippen MR) is 124 cm³/mol. The fourth-order valence-electron chi connectivity index (χ4n) is 3.37. The van der Waals surface area contributed by atoms with E-state index >= 15 is 0 Å². The van der Waals surface area contributed by atoms with Crippen molar-refractivity contribution in [3.8, 4) is 5.75 Å². The molecule has 0 heterocycles. The van der Waals surface area contributed by atoms with Crippen molar-refractivity contribution in [2.75, 3.05) is 17.7 Å². The number of anilines is 2. The molecule has 0 saturated carbocycles. The molecule has 0 aromatic heterocycles. The summed E-state index contributed by atoms with van der Waals surface area (Å²) in [5.74, 6) is -1.35. The van der Waals surface area contributed by atoms with Crippen LogP contribution in [0.3, 0.4) is 0 Å². The van der Waals surface area contributed by atoms with Gasteiger partial charge in [-0.2, -0.15) is 0 Å². The number of carbonyl (C=O) groups excluding carboxylic acids is 2. The van der Waals surface area contributed by atoms with Crippen molar-refractivity contribution >= 4 is 45.6 Å². The molecule has 4 rings (SSSR count). The lowest BCUT2D eigenvalue weighted by Crippen LogP contribution is -2.16. The number of hydrogen-bond acceptors (Lipinski definition) is 3. The fourth-order valence-corrected chi connectivity index (χ4v) is 3.53. The zero-order valence-corrected chi connectivity index (χ0v) is 17.7. The zero-order chi connectivity index (χ0) is 22.7. The molecule has 0 aliphatic carbocycles. The van der Waals surface area contributed by atoms with E-state index in [1.165, 1.54) is 19.2 Å². The van der Waals surface area contributed by atoms with E-state index in [1.807, 2.05) is 36.4 Å². The van der Waals surface area contributed by atoms with Gasteiger partial charge in [-0.1, -0.05) is 48.0 Å². The van der Waals surface area contributed by atoms with Crippen molar-refractivity contribution in [2.45, 2.75) is 0 Å². The van der Waals surface area contributed by atoms with Crippen LogP contribution in [0.4, 0.5) is 15.8 Å². The van der Waals surface area contributed by atoms with Gasteiger partial charge in [0.05, 0.1) is 18.4 Å². The number of amides is 2. The molecule has 4 aromatic rings. The van der Waals surface area contributed by atoms with Gasteiger partial charge in [0.1, 0.15) is 11.6 Å². The van der Waals surface area contributed by atoms with Crippen LogP contribution in [0.15, 0.2) is 78.9 Å². The van der Waals surface area contributed by atoms with Crippen molar-refractivity contribution in [1.82, 2.24) is 0 Å². The first kappa shape index (κ1) is 21.3. The monoisotopic (exact) mass is 448 g/mol. The summed E-state index contributed by atoms with van der Waals surface area (Å²) in [6, 6.07) is 21.7. The highest BCUT2D eigenvalue weighted by molar-refractivity contribution is 6.30. The average Bonchev–Trinajstić information content (AvgIpc) is 2.78. The second-order valence-corrected chi connectivity index (χ2v) is 7.41. The van der Waals surface area contributed by atoms with E-state index in [-0.39, 0.29) is 22.2 Å². The molecular formula is C25H18ClFN2O3. The van der Waals surface area contributed by atoms with E-state index in [9.17, 15) is 14.0 Å². The normalized spacial score (nSPS) is 10.6. The molecule has 160 valence electrons. The largest absolute Gasteiger partial charge is 0.495 e. The third-order valence-corrected chi connectivity index (χ3v) is 5.15. The van der Waals surface area contributed by atoms with Crippen molar-refractivity contribution < 1.29 is 18.7 Å². The Morgan fingerprint density at radius 1 is 0.844 bits per heavy atom. The van der Waals surface area contributed by atoms with Gasteiger partial charge in [0.2, 0.25) is 0 Å². The van der Waals surface area contributed by atoms with Crippen LogP contribution in [-0.4, -0.2) is 18.9 Å². The molecule has 5 nitrogen and oxygen atoms in total. The summed E-state index contributed by atoms with van der Waals surface area (Å²) in [6.45, 7) is 0. The maximum absolute atomic E-state index is 14.1. The van der Waals surface area contributed by atoms with E-state index in [0.29, 0.717) is 17.0 Å². The fraction of sp³-hybridized carbons (Fsp3) is 0.0400. The Hall–Kier alpha value is -3.90. The maximum atomic E-state index is 14.1. The number of nitrogens with one attached hydrogen (secondary N) is 2. The predicted octanol–water partition coefficient (Wildman–Crippen LogP) is 6.15. The molecule has 0 aliphatic rings. The molecule has 7 heteroatoms. The summed E-state index contributed by atoms with van der Waals surface area (Å²) in [7, 11) is 1.45.